The average Bonchev–Trinajstić information content (AvgIpc) is 3.47. The Morgan fingerprint density at radius 2 is 2.10 bits per heavy atom. The second-order valence-corrected chi connectivity index (χ2v) is 7.43. The van der Waals surface area contributed by atoms with Crippen LogP contribution in [0.1, 0.15) is 36.2 Å². The first kappa shape index (κ1) is 19.6. The fourth-order valence-corrected chi connectivity index (χ4v) is 3.87. The minimum Gasteiger partial charge on any atom is -0.477 e. The van der Waals surface area contributed by atoms with E-state index in [0.29, 0.717) is 32.5 Å². The molecular formula is C19H20F3N3O4. The van der Waals surface area contributed by atoms with E-state index in [1.165, 1.54) is 4.57 Å². The van der Waals surface area contributed by atoms with Crippen LogP contribution in [0.4, 0.5) is 18.9 Å². The molecule has 1 aliphatic heterocycles. The second kappa shape index (κ2) is 7.25. The van der Waals surface area contributed by atoms with Gasteiger partial charge >= 0.3 is 12.6 Å². The van der Waals surface area contributed by atoms with E-state index in [-0.39, 0.29) is 28.7 Å². The summed E-state index contributed by atoms with van der Waals surface area (Å²) in [5.41, 5.74) is -1.59. The molecule has 29 heavy (non-hydrogen) atoms. The molecule has 1 saturated heterocycles. The zero-order valence-corrected chi connectivity index (χ0v) is 15.6. The summed E-state index contributed by atoms with van der Waals surface area (Å²) in [5, 5.41) is 12.3. The maximum absolute atomic E-state index is 15.1. The first-order valence-corrected chi connectivity index (χ1v) is 9.35. The van der Waals surface area contributed by atoms with Crippen molar-refractivity contribution in [2.75, 3.05) is 24.5 Å². The molecule has 1 atom stereocenters. The number of nitrogens with zero attached hydrogens (tertiary/aromatic N) is 2. The van der Waals surface area contributed by atoms with Crippen molar-refractivity contribution in [1.29, 1.82) is 0 Å². The minimum atomic E-state index is -3.24. The third-order valence-electron chi connectivity index (χ3n) is 5.26. The van der Waals surface area contributed by atoms with Gasteiger partial charge in [-0.15, -0.1) is 0 Å². The van der Waals surface area contributed by atoms with E-state index < -0.39 is 35.1 Å². The molecule has 1 aromatic heterocycles. The average molecular weight is 411 g/mol. The first-order chi connectivity index (χ1) is 13.8. The molecule has 0 spiro atoms. The number of halogens is 3. The van der Waals surface area contributed by atoms with Gasteiger partial charge in [-0.25, -0.2) is 9.18 Å². The van der Waals surface area contributed by atoms with Crippen molar-refractivity contribution in [2.24, 2.45) is 0 Å². The summed E-state index contributed by atoms with van der Waals surface area (Å²) in [6, 6.07) is 0.776. The van der Waals surface area contributed by atoms with E-state index in [0.717, 1.165) is 12.3 Å². The highest BCUT2D eigenvalue weighted by molar-refractivity contribution is 5.97. The van der Waals surface area contributed by atoms with Crippen LogP contribution in [0.15, 0.2) is 17.1 Å². The zero-order chi connectivity index (χ0) is 20.9. The smallest absolute Gasteiger partial charge is 0.387 e. The molecule has 156 valence electrons. The molecule has 1 aromatic carbocycles. The number of nitrogens with one attached hydrogen (secondary N) is 1. The lowest BCUT2D eigenvalue weighted by Gasteiger charge is -2.35. The van der Waals surface area contributed by atoms with E-state index in [1.54, 1.807) is 4.90 Å². The number of carbonyl (C=O) groups is 1. The summed E-state index contributed by atoms with van der Waals surface area (Å²) < 4.78 is 48.0. The van der Waals surface area contributed by atoms with Gasteiger partial charge in [-0.1, -0.05) is 0 Å². The van der Waals surface area contributed by atoms with Crippen molar-refractivity contribution in [1.82, 2.24) is 9.88 Å². The van der Waals surface area contributed by atoms with Crippen LogP contribution in [0.3, 0.4) is 0 Å². The van der Waals surface area contributed by atoms with Crippen LogP contribution in [-0.2, 0) is 0 Å². The van der Waals surface area contributed by atoms with Crippen molar-refractivity contribution in [3.05, 3.63) is 33.9 Å². The molecule has 7 nitrogen and oxygen atoms in total. The number of benzene rings is 1. The fraction of sp³-hybridized carbons (Fsp3) is 0.474. The number of hydrogen-bond donors (Lipinski definition) is 2. The molecule has 0 amide bonds. The quantitative estimate of drug-likeness (QED) is 0.787. The number of anilines is 1. The number of piperazine rings is 1. The number of ether oxygens (including phenoxy) is 1. The van der Waals surface area contributed by atoms with Gasteiger partial charge in [-0.05, 0) is 25.8 Å². The summed E-state index contributed by atoms with van der Waals surface area (Å²) in [5.74, 6) is -2.78. The third kappa shape index (κ3) is 3.52. The van der Waals surface area contributed by atoms with Crippen molar-refractivity contribution in [2.45, 2.75) is 38.5 Å². The van der Waals surface area contributed by atoms with Gasteiger partial charge in [-0.3, -0.25) is 4.79 Å². The molecule has 0 bridgehead atoms. The van der Waals surface area contributed by atoms with Crippen molar-refractivity contribution in [3.8, 4) is 5.75 Å². The van der Waals surface area contributed by atoms with Gasteiger partial charge < -0.3 is 24.6 Å². The topological polar surface area (TPSA) is 83.8 Å². The Kier molecular flexibility index (Phi) is 4.89. The van der Waals surface area contributed by atoms with Crippen LogP contribution in [0, 0.1) is 5.82 Å². The van der Waals surface area contributed by atoms with Gasteiger partial charge in [0.05, 0.1) is 10.9 Å². The predicted octanol–water partition coefficient (Wildman–Crippen LogP) is 2.57. The molecule has 10 heteroatoms. The SMILES string of the molecule is C[C@H]1CN(c2c(F)cc3c(=O)c(C(=O)O)cn(C4CC4)c3c2OC(F)F)CCN1. The molecule has 0 unspecified atom stereocenters. The highest BCUT2D eigenvalue weighted by atomic mass is 19.3. The molecule has 4 rings (SSSR count). The number of alkyl halides is 2. The van der Waals surface area contributed by atoms with Crippen molar-refractivity contribution < 1.29 is 27.8 Å². The van der Waals surface area contributed by atoms with Crippen LogP contribution in [0.25, 0.3) is 10.9 Å². The van der Waals surface area contributed by atoms with Gasteiger partial charge in [0.1, 0.15) is 11.3 Å². The molecule has 1 aliphatic carbocycles. The number of carboxylic acid groups (broad SMARTS) is 1. The van der Waals surface area contributed by atoms with Crippen molar-refractivity contribution >= 4 is 22.6 Å². The second-order valence-electron chi connectivity index (χ2n) is 7.43. The third-order valence-corrected chi connectivity index (χ3v) is 5.26. The Morgan fingerprint density at radius 3 is 2.69 bits per heavy atom. The fourth-order valence-electron chi connectivity index (χ4n) is 3.87. The van der Waals surface area contributed by atoms with Crippen LogP contribution in [-0.4, -0.2) is 47.9 Å². The number of aromatic nitrogens is 1. The Labute approximate surface area is 163 Å². The van der Waals surface area contributed by atoms with E-state index in [9.17, 15) is 23.5 Å². The van der Waals surface area contributed by atoms with Crippen LogP contribution < -0.4 is 20.4 Å². The lowest BCUT2D eigenvalue weighted by molar-refractivity contribution is -0.0488. The van der Waals surface area contributed by atoms with Gasteiger partial charge in [-0.2, -0.15) is 8.78 Å². The number of pyridine rings is 1. The van der Waals surface area contributed by atoms with Crippen LogP contribution in [0.2, 0.25) is 0 Å². The summed E-state index contributed by atoms with van der Waals surface area (Å²) in [6.45, 7) is -0.0881. The molecule has 2 aromatic rings. The standard InChI is InChI=1S/C19H20F3N3O4/c1-9-7-24(5-4-23-9)15-13(20)6-11-14(17(15)29-19(21)22)25(10-2-3-10)8-12(16(11)26)18(27)28/h6,8-10,19,23H,2-5,7H2,1H3,(H,27,28)/t9-/m0/s1. The monoisotopic (exact) mass is 411 g/mol. The maximum Gasteiger partial charge on any atom is 0.387 e. The van der Waals surface area contributed by atoms with Crippen LogP contribution in [0.5, 0.6) is 5.75 Å². The number of aromatic carboxylic acids is 1. The highest BCUT2D eigenvalue weighted by Gasteiger charge is 2.33. The van der Waals surface area contributed by atoms with E-state index in [2.05, 4.69) is 5.32 Å². The maximum atomic E-state index is 15.1. The molecule has 0 radical (unpaired) electrons. The van der Waals surface area contributed by atoms with E-state index in [4.69, 9.17) is 4.74 Å². The number of fused-ring (bicyclic) bond motifs is 1. The summed E-state index contributed by atoms with van der Waals surface area (Å²) in [7, 11) is 0. The molecule has 2 heterocycles. The Hall–Kier alpha value is -2.75. The molecule has 1 saturated carbocycles. The van der Waals surface area contributed by atoms with Crippen molar-refractivity contribution in [3.63, 3.8) is 0 Å². The van der Waals surface area contributed by atoms with Gasteiger partial charge in [0, 0.05) is 37.9 Å². The number of carboxylic acids is 1. The van der Waals surface area contributed by atoms with Gasteiger partial charge in [0.15, 0.2) is 11.6 Å². The molecule has 2 fully saturated rings. The Balaban J connectivity index is 2.05. The van der Waals surface area contributed by atoms with E-state index in [1.807, 2.05) is 6.92 Å². The Morgan fingerprint density at radius 1 is 1.38 bits per heavy atom. The lowest BCUT2D eigenvalue weighted by atomic mass is 10.1. The van der Waals surface area contributed by atoms with Gasteiger partial charge in [0.25, 0.3) is 0 Å². The van der Waals surface area contributed by atoms with E-state index >= 15 is 4.39 Å². The first-order valence-electron chi connectivity index (χ1n) is 9.35. The summed E-state index contributed by atoms with van der Waals surface area (Å²) >= 11 is 0. The molecule has 2 N–H and O–H groups in total. The normalized spacial score (nSPS) is 19.8. The zero-order valence-electron chi connectivity index (χ0n) is 15.6. The number of rotatable bonds is 5. The van der Waals surface area contributed by atoms with Crippen LogP contribution >= 0.6 is 0 Å². The summed E-state index contributed by atoms with van der Waals surface area (Å²) in [6.07, 6.45) is 2.54. The number of hydrogen-bond acceptors (Lipinski definition) is 5. The lowest BCUT2D eigenvalue weighted by Crippen LogP contribution is -2.49. The Bertz CT molecular complexity index is 1040. The minimum absolute atomic E-state index is 0.00161. The van der Waals surface area contributed by atoms with Gasteiger partial charge in [0.2, 0.25) is 5.43 Å². The molecular weight excluding hydrogens is 391 g/mol. The highest BCUT2D eigenvalue weighted by Crippen LogP contribution is 2.44. The predicted molar refractivity (Wildman–Crippen MR) is 99.7 cm³/mol. The molecule has 2 aliphatic rings. The summed E-state index contributed by atoms with van der Waals surface area (Å²) in [4.78, 5) is 25.8. The largest absolute Gasteiger partial charge is 0.477 e.